The Morgan fingerprint density at radius 2 is 1.95 bits per heavy atom. The van der Waals surface area contributed by atoms with Gasteiger partial charge in [-0.3, -0.25) is 0 Å². The maximum atomic E-state index is 12.6. The molecule has 0 saturated carbocycles. The monoisotopic (exact) mass is 331 g/mol. The summed E-state index contributed by atoms with van der Waals surface area (Å²) in [6.45, 7) is 8.96. The number of thiophene rings is 1. The molecule has 0 aromatic carbocycles. The molecule has 0 bridgehead atoms. The van der Waals surface area contributed by atoms with Crippen molar-refractivity contribution < 1.29 is 8.42 Å². The standard InChI is InChI=1S/C14H25N3O2S2/c1-12(2)10-16-4-6-17(7-5-16)21(18,19)14-8-13(9-15-3)20-11-14/h8,11-12,15H,4-7,9-10H2,1-3H3. The molecule has 0 spiro atoms. The number of sulfonamides is 1. The number of nitrogens with one attached hydrogen (secondary N) is 1. The van der Waals surface area contributed by atoms with Gasteiger partial charge in [-0.05, 0) is 19.0 Å². The van der Waals surface area contributed by atoms with E-state index in [4.69, 9.17) is 0 Å². The van der Waals surface area contributed by atoms with Gasteiger partial charge in [-0.25, -0.2) is 8.42 Å². The molecule has 0 amide bonds. The molecule has 21 heavy (non-hydrogen) atoms. The highest BCUT2D eigenvalue weighted by Gasteiger charge is 2.29. The Bertz CT molecular complexity index is 546. The van der Waals surface area contributed by atoms with Crippen LogP contribution in [0.3, 0.4) is 0 Å². The topological polar surface area (TPSA) is 52.7 Å². The molecule has 1 aromatic rings. The Balaban J connectivity index is 2.00. The van der Waals surface area contributed by atoms with Crippen LogP contribution in [0, 0.1) is 5.92 Å². The largest absolute Gasteiger partial charge is 0.315 e. The van der Waals surface area contributed by atoms with Gasteiger partial charge in [-0.1, -0.05) is 13.8 Å². The van der Waals surface area contributed by atoms with Crippen LogP contribution in [-0.2, 0) is 16.6 Å². The van der Waals surface area contributed by atoms with Gasteiger partial charge in [0.25, 0.3) is 0 Å². The van der Waals surface area contributed by atoms with E-state index in [-0.39, 0.29) is 0 Å². The van der Waals surface area contributed by atoms with Gasteiger partial charge in [-0.2, -0.15) is 4.31 Å². The van der Waals surface area contributed by atoms with Gasteiger partial charge in [0.2, 0.25) is 10.0 Å². The molecular formula is C14H25N3O2S2. The summed E-state index contributed by atoms with van der Waals surface area (Å²) in [7, 11) is -1.46. The number of hydrogen-bond acceptors (Lipinski definition) is 5. The Labute approximate surface area is 132 Å². The Kier molecular flexibility index (Phi) is 5.79. The van der Waals surface area contributed by atoms with Crippen LogP contribution in [0.5, 0.6) is 0 Å². The number of hydrogen-bond donors (Lipinski definition) is 1. The van der Waals surface area contributed by atoms with E-state index in [1.807, 2.05) is 7.05 Å². The smallest absolute Gasteiger partial charge is 0.243 e. The first-order valence-electron chi connectivity index (χ1n) is 7.38. The van der Waals surface area contributed by atoms with Crippen LogP contribution in [0.4, 0.5) is 0 Å². The SMILES string of the molecule is CNCc1cc(S(=O)(=O)N2CCN(CC(C)C)CC2)cs1. The van der Waals surface area contributed by atoms with Crippen LogP contribution in [-0.4, -0.2) is 57.4 Å². The van der Waals surface area contributed by atoms with E-state index in [0.717, 1.165) is 24.5 Å². The minimum Gasteiger partial charge on any atom is -0.315 e. The van der Waals surface area contributed by atoms with Crippen LogP contribution in [0.15, 0.2) is 16.3 Å². The summed E-state index contributed by atoms with van der Waals surface area (Å²) in [5.74, 6) is 0.620. The van der Waals surface area contributed by atoms with E-state index in [2.05, 4.69) is 24.1 Å². The molecule has 1 aliphatic heterocycles. The van der Waals surface area contributed by atoms with Crippen molar-refractivity contribution in [3.63, 3.8) is 0 Å². The number of piperazine rings is 1. The van der Waals surface area contributed by atoms with E-state index in [9.17, 15) is 8.42 Å². The lowest BCUT2D eigenvalue weighted by Gasteiger charge is -2.34. The van der Waals surface area contributed by atoms with E-state index >= 15 is 0 Å². The second-order valence-electron chi connectivity index (χ2n) is 5.88. The summed E-state index contributed by atoms with van der Waals surface area (Å²) in [5, 5.41) is 4.80. The fourth-order valence-electron chi connectivity index (χ4n) is 2.58. The predicted octanol–water partition coefficient (Wildman–Crippen LogP) is 1.43. The summed E-state index contributed by atoms with van der Waals surface area (Å²) in [5.41, 5.74) is 0. The highest BCUT2D eigenvalue weighted by molar-refractivity contribution is 7.89. The Hall–Kier alpha value is -0.470. The molecule has 1 aliphatic rings. The summed E-state index contributed by atoms with van der Waals surface area (Å²) in [6.07, 6.45) is 0. The highest BCUT2D eigenvalue weighted by atomic mass is 32.2. The molecule has 2 heterocycles. The first kappa shape index (κ1) is 16.9. The molecule has 120 valence electrons. The second kappa shape index (κ2) is 7.19. The maximum absolute atomic E-state index is 12.6. The fourth-order valence-corrected chi connectivity index (χ4v) is 5.28. The molecule has 7 heteroatoms. The zero-order valence-electron chi connectivity index (χ0n) is 13.0. The molecule has 1 aromatic heterocycles. The molecule has 1 fully saturated rings. The van der Waals surface area contributed by atoms with Crippen molar-refractivity contribution in [2.45, 2.75) is 25.3 Å². The summed E-state index contributed by atoms with van der Waals surface area (Å²) >= 11 is 1.50. The van der Waals surface area contributed by atoms with Gasteiger partial charge in [-0.15, -0.1) is 11.3 Å². The first-order valence-corrected chi connectivity index (χ1v) is 9.70. The zero-order chi connectivity index (χ0) is 15.5. The van der Waals surface area contributed by atoms with Crippen molar-refractivity contribution in [3.05, 3.63) is 16.3 Å². The lowest BCUT2D eigenvalue weighted by atomic mass is 10.2. The van der Waals surface area contributed by atoms with Gasteiger partial charge >= 0.3 is 0 Å². The van der Waals surface area contributed by atoms with Gasteiger partial charge < -0.3 is 10.2 Å². The summed E-state index contributed by atoms with van der Waals surface area (Å²) in [6, 6.07) is 1.79. The van der Waals surface area contributed by atoms with Crippen LogP contribution in [0.1, 0.15) is 18.7 Å². The second-order valence-corrected chi connectivity index (χ2v) is 8.81. The molecule has 0 radical (unpaired) electrons. The fraction of sp³-hybridized carbons (Fsp3) is 0.714. The minimum absolute atomic E-state index is 0.440. The van der Waals surface area contributed by atoms with Gasteiger partial charge in [0.05, 0.1) is 4.90 Å². The predicted molar refractivity (Wildman–Crippen MR) is 87.1 cm³/mol. The van der Waals surface area contributed by atoms with Gasteiger partial charge in [0, 0.05) is 49.5 Å². The molecule has 1 saturated heterocycles. The van der Waals surface area contributed by atoms with Crippen molar-refractivity contribution in [1.82, 2.24) is 14.5 Å². The minimum atomic E-state index is -3.32. The molecule has 0 aliphatic carbocycles. The average molecular weight is 332 g/mol. The quantitative estimate of drug-likeness (QED) is 0.857. The van der Waals surface area contributed by atoms with Crippen LogP contribution in [0.25, 0.3) is 0 Å². The molecular weight excluding hydrogens is 306 g/mol. The third-order valence-electron chi connectivity index (χ3n) is 3.57. The Morgan fingerprint density at radius 1 is 1.29 bits per heavy atom. The summed E-state index contributed by atoms with van der Waals surface area (Å²) in [4.78, 5) is 3.83. The molecule has 1 N–H and O–H groups in total. The van der Waals surface area contributed by atoms with Gasteiger partial charge in [0.1, 0.15) is 0 Å². The van der Waals surface area contributed by atoms with Gasteiger partial charge in [0.15, 0.2) is 0 Å². The Morgan fingerprint density at radius 3 is 2.52 bits per heavy atom. The lowest BCUT2D eigenvalue weighted by molar-refractivity contribution is 0.172. The molecule has 5 nitrogen and oxygen atoms in total. The molecule has 2 rings (SSSR count). The van der Waals surface area contributed by atoms with E-state index < -0.39 is 10.0 Å². The summed E-state index contributed by atoms with van der Waals surface area (Å²) < 4.78 is 26.9. The van der Waals surface area contributed by atoms with E-state index in [1.54, 1.807) is 15.8 Å². The van der Waals surface area contributed by atoms with Crippen molar-refractivity contribution in [3.8, 4) is 0 Å². The zero-order valence-corrected chi connectivity index (χ0v) is 14.6. The number of nitrogens with zero attached hydrogens (tertiary/aromatic N) is 2. The first-order chi connectivity index (χ1) is 9.93. The highest BCUT2D eigenvalue weighted by Crippen LogP contribution is 2.23. The van der Waals surface area contributed by atoms with Crippen molar-refractivity contribution in [2.24, 2.45) is 5.92 Å². The van der Waals surface area contributed by atoms with Crippen molar-refractivity contribution in [1.29, 1.82) is 0 Å². The van der Waals surface area contributed by atoms with Crippen LogP contribution < -0.4 is 5.32 Å². The molecule has 0 atom stereocenters. The lowest BCUT2D eigenvalue weighted by Crippen LogP contribution is -2.49. The third-order valence-corrected chi connectivity index (χ3v) is 6.54. The van der Waals surface area contributed by atoms with Crippen molar-refractivity contribution in [2.75, 3.05) is 39.8 Å². The van der Waals surface area contributed by atoms with Crippen molar-refractivity contribution >= 4 is 21.4 Å². The maximum Gasteiger partial charge on any atom is 0.243 e. The van der Waals surface area contributed by atoms with E-state index in [0.29, 0.717) is 30.4 Å². The normalized spacial score (nSPS) is 18.5. The molecule has 0 unspecified atom stereocenters. The van der Waals surface area contributed by atoms with Crippen LogP contribution >= 0.6 is 11.3 Å². The number of rotatable bonds is 6. The third kappa shape index (κ3) is 4.26. The van der Waals surface area contributed by atoms with Crippen LogP contribution in [0.2, 0.25) is 0 Å². The van der Waals surface area contributed by atoms with E-state index in [1.165, 1.54) is 11.3 Å². The average Bonchev–Trinajstić information content (AvgIpc) is 2.88.